The lowest BCUT2D eigenvalue weighted by molar-refractivity contribution is 0.198. The van der Waals surface area contributed by atoms with Crippen LogP contribution < -0.4 is 5.32 Å². The van der Waals surface area contributed by atoms with Crippen molar-refractivity contribution in [1.29, 1.82) is 0 Å². The molecule has 2 aliphatic rings. The van der Waals surface area contributed by atoms with Crippen molar-refractivity contribution < 1.29 is 0 Å². The molecule has 5 rings (SSSR count). The van der Waals surface area contributed by atoms with E-state index in [1.165, 1.54) is 42.5 Å². The highest BCUT2D eigenvalue weighted by Crippen LogP contribution is 2.37. The van der Waals surface area contributed by atoms with Gasteiger partial charge in [-0.3, -0.25) is 4.90 Å². The summed E-state index contributed by atoms with van der Waals surface area (Å²) in [7, 11) is 0. The standard InChI is InChI=1S/C25H28Cl2N4/c26-22-12-11-20(15-23(22)27)31-25-21(10-4-5-13-28-25)24(29-31)19-9-6-14-30(17-19)16-18-7-2-1-3-8-18/h1-3,7-8,11-12,15,19,28H,4-6,9-10,13-14,16-17H2. The minimum atomic E-state index is 0.454. The Morgan fingerprint density at radius 2 is 1.87 bits per heavy atom. The number of benzene rings is 2. The minimum Gasteiger partial charge on any atom is -0.370 e. The van der Waals surface area contributed by atoms with Gasteiger partial charge in [-0.1, -0.05) is 53.5 Å². The molecule has 1 unspecified atom stereocenters. The van der Waals surface area contributed by atoms with Gasteiger partial charge in [-0.2, -0.15) is 5.10 Å². The van der Waals surface area contributed by atoms with E-state index in [2.05, 4.69) is 40.5 Å². The molecule has 0 radical (unpaired) electrons. The molecule has 0 amide bonds. The molecule has 0 aliphatic carbocycles. The molecule has 3 heterocycles. The largest absolute Gasteiger partial charge is 0.370 e. The van der Waals surface area contributed by atoms with Crippen molar-refractivity contribution in [2.75, 3.05) is 25.0 Å². The summed E-state index contributed by atoms with van der Waals surface area (Å²) in [6.07, 6.45) is 5.85. The molecule has 162 valence electrons. The molecule has 4 nitrogen and oxygen atoms in total. The van der Waals surface area contributed by atoms with Crippen LogP contribution in [-0.2, 0) is 13.0 Å². The lowest BCUT2D eigenvalue weighted by atomic mass is 9.91. The Kier molecular flexibility index (Phi) is 6.22. The summed E-state index contributed by atoms with van der Waals surface area (Å²) in [5.41, 5.74) is 4.98. The molecule has 0 bridgehead atoms. The second kappa shape index (κ2) is 9.23. The highest BCUT2D eigenvalue weighted by atomic mass is 35.5. The summed E-state index contributed by atoms with van der Waals surface area (Å²) in [6.45, 7) is 4.19. The molecule has 6 heteroatoms. The molecule has 2 aliphatic heterocycles. The SMILES string of the molecule is Clc1ccc(-n2nc(C3CCCN(Cc4ccccc4)C3)c3c2NCCCC3)cc1Cl. The van der Waals surface area contributed by atoms with E-state index >= 15 is 0 Å². The van der Waals surface area contributed by atoms with Crippen LogP contribution >= 0.6 is 23.2 Å². The zero-order chi connectivity index (χ0) is 21.2. The summed E-state index contributed by atoms with van der Waals surface area (Å²) in [4.78, 5) is 2.58. The van der Waals surface area contributed by atoms with E-state index in [0.29, 0.717) is 16.0 Å². The van der Waals surface area contributed by atoms with E-state index in [1.54, 1.807) is 0 Å². The highest BCUT2D eigenvalue weighted by Gasteiger charge is 2.29. The van der Waals surface area contributed by atoms with Crippen LogP contribution in [0, 0.1) is 0 Å². The predicted molar refractivity (Wildman–Crippen MR) is 129 cm³/mol. The van der Waals surface area contributed by atoms with Crippen molar-refractivity contribution >= 4 is 29.0 Å². The van der Waals surface area contributed by atoms with Crippen molar-refractivity contribution in [2.45, 2.75) is 44.6 Å². The molecule has 1 saturated heterocycles. The van der Waals surface area contributed by atoms with Gasteiger partial charge in [0.15, 0.2) is 0 Å². The number of halogens is 2. The third kappa shape index (κ3) is 4.48. The number of piperidine rings is 1. The second-order valence-electron chi connectivity index (χ2n) is 8.67. The molecular formula is C25H28Cl2N4. The number of likely N-dealkylation sites (tertiary alicyclic amines) is 1. The van der Waals surface area contributed by atoms with E-state index in [0.717, 1.165) is 44.1 Å². The van der Waals surface area contributed by atoms with Crippen LogP contribution in [0.1, 0.15) is 48.4 Å². The fourth-order valence-electron chi connectivity index (χ4n) is 4.92. The third-order valence-electron chi connectivity index (χ3n) is 6.45. The average Bonchev–Trinajstić information content (AvgIpc) is 2.97. The van der Waals surface area contributed by atoms with Gasteiger partial charge in [0.05, 0.1) is 21.4 Å². The van der Waals surface area contributed by atoms with Gasteiger partial charge in [-0.15, -0.1) is 0 Å². The van der Waals surface area contributed by atoms with E-state index in [1.807, 2.05) is 22.9 Å². The van der Waals surface area contributed by atoms with Crippen molar-refractivity contribution in [3.8, 4) is 5.69 Å². The number of aromatic nitrogens is 2. The van der Waals surface area contributed by atoms with Gasteiger partial charge in [0, 0.05) is 31.1 Å². The normalized spacial score (nSPS) is 19.5. The van der Waals surface area contributed by atoms with Gasteiger partial charge in [0.25, 0.3) is 0 Å². The molecule has 31 heavy (non-hydrogen) atoms. The van der Waals surface area contributed by atoms with E-state index in [4.69, 9.17) is 28.3 Å². The summed E-state index contributed by atoms with van der Waals surface area (Å²) < 4.78 is 2.05. The lowest BCUT2D eigenvalue weighted by Gasteiger charge is -2.32. The number of hydrogen-bond donors (Lipinski definition) is 1. The Bertz CT molecular complexity index is 1050. The molecule has 0 spiro atoms. The molecule has 2 aromatic carbocycles. The number of nitrogens with zero attached hydrogens (tertiary/aromatic N) is 3. The van der Waals surface area contributed by atoms with Crippen molar-refractivity contribution in [3.63, 3.8) is 0 Å². The van der Waals surface area contributed by atoms with Gasteiger partial charge < -0.3 is 5.32 Å². The summed E-state index contributed by atoms with van der Waals surface area (Å²) >= 11 is 12.5. The number of fused-ring (bicyclic) bond motifs is 1. The Morgan fingerprint density at radius 3 is 2.71 bits per heavy atom. The first kappa shape index (κ1) is 20.9. The van der Waals surface area contributed by atoms with Gasteiger partial charge in [-0.25, -0.2) is 4.68 Å². The van der Waals surface area contributed by atoms with E-state index in [-0.39, 0.29) is 0 Å². The number of hydrogen-bond acceptors (Lipinski definition) is 3. The monoisotopic (exact) mass is 454 g/mol. The maximum atomic E-state index is 6.33. The zero-order valence-corrected chi connectivity index (χ0v) is 19.2. The molecule has 0 saturated carbocycles. The van der Waals surface area contributed by atoms with Crippen LogP contribution in [0.15, 0.2) is 48.5 Å². The maximum Gasteiger partial charge on any atom is 0.133 e. The molecule has 1 N–H and O–H groups in total. The van der Waals surface area contributed by atoms with Gasteiger partial charge in [0.2, 0.25) is 0 Å². The number of anilines is 1. The van der Waals surface area contributed by atoms with Crippen LogP contribution in [0.5, 0.6) is 0 Å². The highest BCUT2D eigenvalue weighted by molar-refractivity contribution is 6.42. The van der Waals surface area contributed by atoms with Crippen LogP contribution in [0.25, 0.3) is 5.69 Å². The van der Waals surface area contributed by atoms with Crippen molar-refractivity contribution in [3.05, 3.63) is 75.4 Å². The Morgan fingerprint density at radius 1 is 1.00 bits per heavy atom. The first-order valence-corrected chi connectivity index (χ1v) is 12.0. The molecule has 1 atom stereocenters. The van der Waals surface area contributed by atoms with Crippen molar-refractivity contribution in [1.82, 2.24) is 14.7 Å². The van der Waals surface area contributed by atoms with Gasteiger partial charge >= 0.3 is 0 Å². The minimum absolute atomic E-state index is 0.454. The fourth-order valence-corrected chi connectivity index (χ4v) is 5.22. The van der Waals surface area contributed by atoms with Gasteiger partial charge in [-0.05, 0) is 62.4 Å². The molecule has 1 fully saturated rings. The topological polar surface area (TPSA) is 33.1 Å². The molecule has 1 aromatic heterocycles. The third-order valence-corrected chi connectivity index (χ3v) is 7.19. The Hall–Kier alpha value is -2.01. The smallest absolute Gasteiger partial charge is 0.133 e. The van der Waals surface area contributed by atoms with Crippen LogP contribution in [0.2, 0.25) is 10.0 Å². The Balaban J connectivity index is 1.47. The van der Waals surface area contributed by atoms with Gasteiger partial charge in [0.1, 0.15) is 5.82 Å². The summed E-state index contributed by atoms with van der Waals surface area (Å²) in [5.74, 6) is 1.58. The first-order valence-electron chi connectivity index (χ1n) is 11.3. The average molecular weight is 455 g/mol. The summed E-state index contributed by atoms with van der Waals surface area (Å²) in [5, 5.41) is 9.94. The van der Waals surface area contributed by atoms with E-state index in [9.17, 15) is 0 Å². The molecular weight excluding hydrogens is 427 g/mol. The first-order chi connectivity index (χ1) is 15.2. The second-order valence-corrected chi connectivity index (χ2v) is 9.48. The quantitative estimate of drug-likeness (QED) is 0.501. The van der Waals surface area contributed by atoms with Crippen LogP contribution in [0.4, 0.5) is 5.82 Å². The Labute approximate surface area is 194 Å². The predicted octanol–water partition coefficient (Wildman–Crippen LogP) is 6.31. The number of rotatable bonds is 4. The van der Waals surface area contributed by atoms with Crippen molar-refractivity contribution in [2.24, 2.45) is 0 Å². The summed E-state index contributed by atoms with van der Waals surface area (Å²) in [6, 6.07) is 16.5. The molecule has 3 aromatic rings. The lowest BCUT2D eigenvalue weighted by Crippen LogP contribution is -2.34. The fraction of sp³-hybridized carbons (Fsp3) is 0.400. The maximum absolute atomic E-state index is 6.33. The van der Waals surface area contributed by atoms with Crippen LogP contribution in [0.3, 0.4) is 0 Å². The van der Waals surface area contributed by atoms with Crippen LogP contribution in [-0.4, -0.2) is 34.3 Å². The number of nitrogens with one attached hydrogen (secondary N) is 1. The van der Waals surface area contributed by atoms with E-state index < -0.39 is 0 Å². The zero-order valence-electron chi connectivity index (χ0n) is 17.7.